The van der Waals surface area contributed by atoms with Gasteiger partial charge in [-0.15, -0.1) is 11.3 Å². The molecule has 0 saturated carbocycles. The lowest BCUT2D eigenvalue weighted by atomic mass is 10.3. The van der Waals surface area contributed by atoms with Crippen LogP contribution in [-0.4, -0.2) is 48.1 Å². The number of halogens is 1. The van der Waals surface area contributed by atoms with E-state index in [2.05, 4.69) is 25.9 Å². The minimum absolute atomic E-state index is 0.174. The number of guanidine groups is 1. The Morgan fingerprint density at radius 2 is 2.12 bits per heavy atom. The van der Waals surface area contributed by atoms with Crippen molar-refractivity contribution in [1.29, 1.82) is 0 Å². The molecule has 2 rings (SSSR count). The number of pyridine rings is 1. The third kappa shape index (κ3) is 6.62. The first-order valence-electron chi connectivity index (χ1n) is 8.24. The second-order valence-corrected chi connectivity index (χ2v) is 7.05. The third-order valence-corrected chi connectivity index (χ3v) is 4.65. The van der Waals surface area contributed by atoms with Crippen molar-refractivity contribution in [2.45, 2.75) is 13.0 Å². The van der Waals surface area contributed by atoms with Gasteiger partial charge >= 0.3 is 0 Å². The first-order chi connectivity index (χ1) is 12.6. The van der Waals surface area contributed by atoms with Crippen LogP contribution in [0.15, 0.2) is 41.7 Å². The van der Waals surface area contributed by atoms with Crippen molar-refractivity contribution in [2.75, 3.05) is 26.2 Å². The van der Waals surface area contributed by atoms with Gasteiger partial charge in [0, 0.05) is 36.9 Å². The molecule has 1 amide bonds. The van der Waals surface area contributed by atoms with Crippen LogP contribution in [0, 0.1) is 0 Å². The standard InChI is InChI=1S/C17H22ClN5O2S/c1-2-20-17(23-11-13(24)14-5-6-15(18)26-14)22-9-8-21-16(25)12-4-3-7-19-10-12/h3-7,10,13,24H,2,8-9,11H2,1H3,(H,21,25)(H2,20,22,23). The van der Waals surface area contributed by atoms with Gasteiger partial charge in [0.25, 0.3) is 5.91 Å². The summed E-state index contributed by atoms with van der Waals surface area (Å²) in [5, 5.41) is 19.2. The molecular weight excluding hydrogens is 374 g/mol. The summed E-state index contributed by atoms with van der Waals surface area (Å²) >= 11 is 7.22. The van der Waals surface area contributed by atoms with E-state index in [0.29, 0.717) is 35.5 Å². The maximum absolute atomic E-state index is 11.9. The summed E-state index contributed by atoms with van der Waals surface area (Å²) in [6, 6.07) is 6.97. The molecular formula is C17H22ClN5O2S. The molecule has 7 nitrogen and oxygen atoms in total. The first-order valence-corrected chi connectivity index (χ1v) is 9.43. The number of nitrogens with zero attached hydrogens (tertiary/aromatic N) is 2. The number of amides is 1. The molecule has 140 valence electrons. The van der Waals surface area contributed by atoms with Gasteiger partial charge in [0.05, 0.1) is 16.4 Å². The Morgan fingerprint density at radius 3 is 2.77 bits per heavy atom. The monoisotopic (exact) mass is 395 g/mol. The van der Waals surface area contributed by atoms with Gasteiger partial charge in [-0.2, -0.15) is 0 Å². The SMILES string of the molecule is CCNC(=NCC(O)c1ccc(Cl)s1)NCCNC(=O)c1cccnc1. The lowest BCUT2D eigenvalue weighted by Gasteiger charge is -2.13. The number of aliphatic hydroxyl groups is 1. The Balaban J connectivity index is 1.77. The van der Waals surface area contributed by atoms with Crippen LogP contribution in [0.2, 0.25) is 4.34 Å². The van der Waals surface area contributed by atoms with E-state index in [1.54, 1.807) is 30.5 Å². The summed E-state index contributed by atoms with van der Waals surface area (Å²) in [4.78, 5) is 21.0. The summed E-state index contributed by atoms with van der Waals surface area (Å²) in [6.45, 7) is 3.79. The molecule has 4 N–H and O–H groups in total. The number of aliphatic hydroxyl groups excluding tert-OH is 1. The largest absolute Gasteiger partial charge is 0.386 e. The van der Waals surface area contributed by atoms with Crippen LogP contribution in [0.5, 0.6) is 0 Å². The zero-order valence-electron chi connectivity index (χ0n) is 14.4. The van der Waals surface area contributed by atoms with Crippen LogP contribution in [-0.2, 0) is 0 Å². The van der Waals surface area contributed by atoms with Crippen molar-refractivity contribution in [3.05, 3.63) is 51.4 Å². The van der Waals surface area contributed by atoms with Crippen LogP contribution >= 0.6 is 22.9 Å². The average molecular weight is 396 g/mol. The fourth-order valence-corrected chi connectivity index (χ4v) is 3.11. The lowest BCUT2D eigenvalue weighted by molar-refractivity contribution is 0.0954. The summed E-state index contributed by atoms with van der Waals surface area (Å²) in [7, 11) is 0. The number of hydrogen-bond donors (Lipinski definition) is 4. The predicted molar refractivity (Wildman–Crippen MR) is 105 cm³/mol. The molecule has 0 aliphatic rings. The molecule has 0 spiro atoms. The highest BCUT2D eigenvalue weighted by Gasteiger charge is 2.10. The summed E-state index contributed by atoms with van der Waals surface area (Å²) in [5.74, 6) is 0.400. The van der Waals surface area contributed by atoms with Crippen molar-refractivity contribution in [3.63, 3.8) is 0 Å². The Labute approximate surface area is 161 Å². The summed E-state index contributed by atoms with van der Waals surface area (Å²) in [6.07, 6.45) is 2.44. The van der Waals surface area contributed by atoms with E-state index in [0.717, 1.165) is 4.88 Å². The molecule has 0 aliphatic carbocycles. The smallest absolute Gasteiger partial charge is 0.252 e. The Morgan fingerprint density at radius 1 is 1.31 bits per heavy atom. The van der Waals surface area contributed by atoms with E-state index in [-0.39, 0.29) is 12.5 Å². The molecule has 2 aromatic rings. The molecule has 0 aromatic carbocycles. The Hall–Kier alpha value is -2.16. The number of rotatable bonds is 8. The number of aliphatic imine (C=N–C) groups is 1. The van der Waals surface area contributed by atoms with Gasteiger partial charge in [0.1, 0.15) is 6.10 Å². The van der Waals surface area contributed by atoms with Gasteiger partial charge in [0.15, 0.2) is 5.96 Å². The normalized spacial score (nSPS) is 12.5. The topological polar surface area (TPSA) is 98.6 Å². The van der Waals surface area contributed by atoms with E-state index in [9.17, 15) is 9.90 Å². The molecule has 0 saturated heterocycles. The third-order valence-electron chi connectivity index (χ3n) is 3.32. The Kier molecular flexibility index (Phi) is 8.33. The zero-order chi connectivity index (χ0) is 18.8. The lowest BCUT2D eigenvalue weighted by Crippen LogP contribution is -2.41. The van der Waals surface area contributed by atoms with Gasteiger partial charge in [-0.05, 0) is 31.2 Å². The number of aromatic nitrogens is 1. The first kappa shape index (κ1) is 20.2. The molecule has 0 fully saturated rings. The Bertz CT molecular complexity index is 723. The highest BCUT2D eigenvalue weighted by Crippen LogP contribution is 2.26. The van der Waals surface area contributed by atoms with Gasteiger partial charge in [-0.1, -0.05) is 11.6 Å². The predicted octanol–water partition coefficient (Wildman–Crippen LogP) is 1.82. The van der Waals surface area contributed by atoms with Crippen LogP contribution in [0.1, 0.15) is 28.3 Å². The van der Waals surface area contributed by atoms with Crippen molar-refractivity contribution in [2.24, 2.45) is 4.99 Å². The molecule has 1 atom stereocenters. The fourth-order valence-electron chi connectivity index (χ4n) is 2.07. The number of carbonyl (C=O) groups excluding carboxylic acids is 1. The van der Waals surface area contributed by atoms with Crippen LogP contribution in [0.25, 0.3) is 0 Å². The van der Waals surface area contributed by atoms with Gasteiger partial charge in [-0.25, -0.2) is 0 Å². The summed E-state index contributed by atoms with van der Waals surface area (Å²) < 4.78 is 0.636. The van der Waals surface area contributed by atoms with E-state index in [1.807, 2.05) is 6.92 Å². The van der Waals surface area contributed by atoms with Gasteiger partial charge < -0.3 is 21.1 Å². The molecule has 2 heterocycles. The second-order valence-electron chi connectivity index (χ2n) is 5.30. The zero-order valence-corrected chi connectivity index (χ0v) is 16.0. The molecule has 2 aromatic heterocycles. The van der Waals surface area contributed by atoms with Crippen LogP contribution in [0.3, 0.4) is 0 Å². The fraction of sp³-hybridized carbons (Fsp3) is 0.353. The maximum Gasteiger partial charge on any atom is 0.252 e. The minimum atomic E-state index is -0.701. The van der Waals surface area contributed by atoms with Crippen molar-refractivity contribution in [3.8, 4) is 0 Å². The quantitative estimate of drug-likeness (QED) is 0.310. The maximum atomic E-state index is 11.9. The average Bonchev–Trinajstić information content (AvgIpc) is 3.09. The van der Waals surface area contributed by atoms with Crippen LogP contribution in [0.4, 0.5) is 0 Å². The van der Waals surface area contributed by atoms with E-state index in [1.165, 1.54) is 17.5 Å². The molecule has 1 unspecified atom stereocenters. The molecule has 0 bridgehead atoms. The van der Waals surface area contributed by atoms with Crippen molar-refractivity contribution in [1.82, 2.24) is 20.9 Å². The number of carbonyl (C=O) groups is 1. The highest BCUT2D eigenvalue weighted by atomic mass is 35.5. The van der Waals surface area contributed by atoms with E-state index >= 15 is 0 Å². The van der Waals surface area contributed by atoms with Gasteiger partial charge in [0.2, 0.25) is 0 Å². The summed E-state index contributed by atoms with van der Waals surface area (Å²) in [5.41, 5.74) is 0.519. The second kappa shape index (κ2) is 10.7. The van der Waals surface area contributed by atoms with Crippen molar-refractivity contribution >= 4 is 34.8 Å². The van der Waals surface area contributed by atoms with Gasteiger partial charge in [-0.3, -0.25) is 14.8 Å². The van der Waals surface area contributed by atoms with E-state index < -0.39 is 6.10 Å². The molecule has 0 aliphatic heterocycles. The highest BCUT2D eigenvalue weighted by molar-refractivity contribution is 7.16. The number of nitrogens with one attached hydrogen (secondary N) is 3. The van der Waals surface area contributed by atoms with Crippen molar-refractivity contribution < 1.29 is 9.90 Å². The number of thiophene rings is 1. The van der Waals surface area contributed by atoms with Crippen LogP contribution < -0.4 is 16.0 Å². The molecule has 9 heteroatoms. The minimum Gasteiger partial charge on any atom is -0.386 e. The van der Waals surface area contributed by atoms with E-state index in [4.69, 9.17) is 11.6 Å². The number of hydrogen-bond acceptors (Lipinski definition) is 5. The molecule has 26 heavy (non-hydrogen) atoms. The molecule has 0 radical (unpaired) electrons.